The zero-order chi connectivity index (χ0) is 18.0. The fourth-order valence-corrected chi connectivity index (χ4v) is 5.77. The first-order valence-corrected chi connectivity index (χ1v) is 11.6. The Hall–Kier alpha value is -2.64. The van der Waals surface area contributed by atoms with Gasteiger partial charge in [-0.25, -0.2) is 0 Å². The molecule has 3 rings (SSSR count). The molecule has 0 aliphatic heterocycles. The van der Waals surface area contributed by atoms with Gasteiger partial charge in [0.25, 0.3) is 0 Å². The van der Waals surface area contributed by atoms with Gasteiger partial charge in [-0.05, 0) is 30.6 Å². The first-order valence-electron chi connectivity index (χ1n) is 8.57. The Balaban J connectivity index is 2.18. The van der Waals surface area contributed by atoms with Crippen LogP contribution in [0.1, 0.15) is 30.4 Å². The van der Waals surface area contributed by atoms with E-state index in [0.29, 0.717) is 17.7 Å². The van der Waals surface area contributed by atoms with Crippen molar-refractivity contribution in [3.63, 3.8) is 0 Å². The van der Waals surface area contributed by atoms with Gasteiger partial charge in [0, 0.05) is 12.0 Å². The van der Waals surface area contributed by atoms with Crippen molar-refractivity contribution in [1.82, 2.24) is 0 Å². The summed E-state index contributed by atoms with van der Waals surface area (Å²) < 4.78 is 0. The second-order valence-corrected chi connectivity index (χ2v) is 11.5. The maximum atomic E-state index is 11.8. The van der Waals surface area contributed by atoms with Crippen LogP contribution in [0.2, 0.25) is 13.1 Å². The predicted molar refractivity (Wildman–Crippen MR) is 106 cm³/mol. The van der Waals surface area contributed by atoms with Crippen LogP contribution in [0.25, 0.3) is 5.57 Å². The van der Waals surface area contributed by atoms with Crippen molar-refractivity contribution in [1.29, 1.82) is 5.26 Å². The number of allylic oxidation sites excluding steroid dienone is 2. The molecule has 0 saturated carbocycles. The second kappa shape index (κ2) is 6.70. The molecule has 0 atom stereocenters. The molecule has 3 nitrogen and oxygen atoms in total. The number of carbonyl (C=O) groups excluding carboxylic acids is 1. The van der Waals surface area contributed by atoms with Crippen LogP contribution in [0.15, 0.2) is 48.5 Å². The van der Waals surface area contributed by atoms with Gasteiger partial charge in [-0.3, -0.25) is 4.79 Å². The van der Waals surface area contributed by atoms with Crippen LogP contribution in [-0.4, -0.2) is 13.9 Å². The summed E-state index contributed by atoms with van der Waals surface area (Å²) in [6, 6.07) is 16.7. The maximum absolute atomic E-state index is 11.8. The lowest BCUT2D eigenvalue weighted by atomic mass is 9.91. The van der Waals surface area contributed by atoms with Gasteiger partial charge in [-0.2, -0.15) is 5.26 Å². The van der Waals surface area contributed by atoms with Crippen LogP contribution in [0.3, 0.4) is 0 Å². The fourth-order valence-electron chi connectivity index (χ4n) is 3.40. The number of hydrogen-bond donors (Lipinski definition) is 1. The number of anilines is 1. The zero-order valence-electron chi connectivity index (χ0n) is 14.7. The Morgan fingerprint density at radius 2 is 1.80 bits per heavy atom. The number of rotatable bonds is 3. The van der Waals surface area contributed by atoms with Crippen molar-refractivity contribution in [2.24, 2.45) is 0 Å². The summed E-state index contributed by atoms with van der Waals surface area (Å²) >= 11 is 0. The Labute approximate surface area is 149 Å². The van der Waals surface area contributed by atoms with Crippen molar-refractivity contribution in [3.05, 3.63) is 59.7 Å². The van der Waals surface area contributed by atoms with Crippen molar-refractivity contribution >= 4 is 35.5 Å². The van der Waals surface area contributed by atoms with E-state index in [1.807, 2.05) is 12.1 Å². The molecule has 2 aromatic rings. The number of nitriles is 1. The van der Waals surface area contributed by atoms with E-state index in [-0.39, 0.29) is 5.78 Å². The van der Waals surface area contributed by atoms with E-state index in [9.17, 15) is 10.1 Å². The zero-order valence-corrected chi connectivity index (χ0v) is 15.7. The number of carbonyl (C=O) groups is 1. The number of nitrogens with zero attached hydrogens (tertiary/aromatic N) is 1. The van der Waals surface area contributed by atoms with E-state index in [0.717, 1.165) is 24.0 Å². The number of ketones is 1. The fraction of sp³-hybridized carbons (Fsp3) is 0.238. The summed E-state index contributed by atoms with van der Waals surface area (Å²) in [5.74, 6) is 0.143. The lowest BCUT2D eigenvalue weighted by molar-refractivity contribution is -0.114. The maximum Gasteiger partial charge on any atom is 0.155 e. The molecular weight excluding hydrogens is 324 g/mol. The molecule has 0 aromatic heterocycles. The van der Waals surface area contributed by atoms with Gasteiger partial charge in [0.2, 0.25) is 0 Å². The quantitative estimate of drug-likeness (QED) is 0.686. The molecule has 126 valence electrons. The van der Waals surface area contributed by atoms with Crippen molar-refractivity contribution in [3.8, 4) is 6.07 Å². The van der Waals surface area contributed by atoms with Crippen LogP contribution < -0.4 is 16.1 Å². The minimum Gasteiger partial charge on any atom is -0.397 e. The first-order chi connectivity index (χ1) is 11.9. The lowest BCUT2D eigenvalue weighted by Crippen LogP contribution is -2.53. The van der Waals surface area contributed by atoms with E-state index < -0.39 is 8.07 Å². The molecule has 0 spiro atoms. The highest BCUT2D eigenvalue weighted by Crippen LogP contribution is 2.31. The predicted octanol–water partition coefficient (Wildman–Crippen LogP) is 3.10. The van der Waals surface area contributed by atoms with Crippen LogP contribution >= 0.6 is 0 Å². The summed E-state index contributed by atoms with van der Waals surface area (Å²) in [5.41, 5.74) is 9.08. The Morgan fingerprint density at radius 3 is 2.44 bits per heavy atom. The molecule has 0 fully saturated rings. The van der Waals surface area contributed by atoms with E-state index in [1.54, 1.807) is 6.08 Å². The SMILES string of the molecule is C[Si](C)(c1ccccc1)c1cc(C#N)c(N)c(C2=CC(=O)CCC2)c1. The third kappa shape index (κ3) is 3.28. The molecule has 1 aliphatic rings. The van der Waals surface area contributed by atoms with Crippen molar-refractivity contribution in [2.45, 2.75) is 32.4 Å². The van der Waals surface area contributed by atoms with Crippen molar-refractivity contribution < 1.29 is 4.79 Å². The molecule has 0 heterocycles. The molecule has 0 radical (unpaired) electrons. The number of benzene rings is 2. The molecule has 2 N–H and O–H groups in total. The Morgan fingerprint density at radius 1 is 1.08 bits per heavy atom. The Bertz CT molecular complexity index is 892. The summed E-state index contributed by atoms with van der Waals surface area (Å²) in [6.45, 7) is 4.55. The molecular formula is C21H22N2OSi. The second-order valence-electron chi connectivity index (χ2n) is 7.08. The lowest BCUT2D eigenvalue weighted by Gasteiger charge is -2.26. The van der Waals surface area contributed by atoms with Gasteiger partial charge in [0.05, 0.1) is 11.3 Å². The first kappa shape index (κ1) is 17.2. The molecule has 25 heavy (non-hydrogen) atoms. The summed E-state index contributed by atoms with van der Waals surface area (Å²) in [7, 11) is -1.96. The number of nitrogens with two attached hydrogens (primary N) is 1. The van der Waals surface area contributed by atoms with E-state index in [1.165, 1.54) is 10.4 Å². The number of nitrogen functional groups attached to an aromatic ring is 1. The molecule has 0 unspecified atom stereocenters. The normalized spacial score (nSPS) is 14.8. The molecule has 0 amide bonds. The highest BCUT2D eigenvalue weighted by Gasteiger charge is 2.28. The number of hydrogen-bond acceptors (Lipinski definition) is 3. The highest BCUT2D eigenvalue weighted by atomic mass is 28.3. The van der Waals surface area contributed by atoms with E-state index in [4.69, 9.17) is 5.73 Å². The minimum absolute atomic E-state index is 0.143. The summed E-state index contributed by atoms with van der Waals surface area (Å²) in [6.07, 6.45) is 3.98. The largest absolute Gasteiger partial charge is 0.397 e. The monoisotopic (exact) mass is 346 g/mol. The molecule has 4 heteroatoms. The van der Waals surface area contributed by atoms with Gasteiger partial charge in [-0.1, -0.05) is 59.9 Å². The van der Waals surface area contributed by atoms with Gasteiger partial charge >= 0.3 is 0 Å². The van der Waals surface area contributed by atoms with Gasteiger partial charge < -0.3 is 5.73 Å². The van der Waals surface area contributed by atoms with Crippen molar-refractivity contribution in [2.75, 3.05) is 5.73 Å². The van der Waals surface area contributed by atoms with Gasteiger partial charge in [-0.15, -0.1) is 0 Å². The standard InChI is InChI=1S/C21H22N2OSi/c1-25(2,18-9-4-3-5-10-18)19-12-16(14-22)21(23)20(13-19)15-7-6-8-17(24)11-15/h3-5,9-13H,6-8,23H2,1-2H3. The van der Waals surface area contributed by atoms with Crippen LogP contribution in [0, 0.1) is 11.3 Å². The molecule has 0 saturated heterocycles. The highest BCUT2D eigenvalue weighted by molar-refractivity contribution is 7.00. The topological polar surface area (TPSA) is 66.9 Å². The van der Waals surface area contributed by atoms with E-state index in [2.05, 4.69) is 49.5 Å². The molecule has 2 aromatic carbocycles. The van der Waals surface area contributed by atoms with Crippen LogP contribution in [-0.2, 0) is 4.79 Å². The minimum atomic E-state index is -1.96. The Kier molecular flexibility index (Phi) is 4.60. The molecule has 1 aliphatic carbocycles. The van der Waals surface area contributed by atoms with Crippen LogP contribution in [0.5, 0.6) is 0 Å². The smallest absolute Gasteiger partial charge is 0.155 e. The van der Waals surface area contributed by atoms with Crippen LogP contribution in [0.4, 0.5) is 5.69 Å². The third-order valence-electron chi connectivity index (χ3n) is 5.07. The summed E-state index contributed by atoms with van der Waals surface area (Å²) in [5, 5.41) is 12.0. The average molecular weight is 347 g/mol. The summed E-state index contributed by atoms with van der Waals surface area (Å²) in [4.78, 5) is 11.8. The average Bonchev–Trinajstić information content (AvgIpc) is 2.62. The van der Waals surface area contributed by atoms with Gasteiger partial charge in [0.15, 0.2) is 5.78 Å². The van der Waals surface area contributed by atoms with E-state index >= 15 is 0 Å². The molecule has 0 bridgehead atoms. The third-order valence-corrected chi connectivity index (χ3v) is 8.58. The van der Waals surface area contributed by atoms with Gasteiger partial charge in [0.1, 0.15) is 14.1 Å².